The number of aromatic nitrogens is 4. The summed E-state index contributed by atoms with van der Waals surface area (Å²) in [4.78, 5) is 32.4. The number of anilines is 2. The van der Waals surface area contributed by atoms with Gasteiger partial charge in [0.15, 0.2) is 11.5 Å². The van der Waals surface area contributed by atoms with Crippen molar-refractivity contribution in [3.05, 3.63) is 82.5 Å². The molecule has 0 atom stereocenters. The lowest BCUT2D eigenvalue weighted by Gasteiger charge is -2.12. The fourth-order valence-corrected chi connectivity index (χ4v) is 3.62. The van der Waals surface area contributed by atoms with Gasteiger partial charge in [-0.2, -0.15) is 23.3 Å². The Balaban J connectivity index is 1.62. The number of alkyl halides is 3. The minimum Gasteiger partial charge on any atom is -0.324 e. The van der Waals surface area contributed by atoms with E-state index in [1.807, 2.05) is 0 Å². The first-order valence-corrected chi connectivity index (χ1v) is 10.2. The number of fused-ring (bicyclic) bond motifs is 1. The third-order valence-corrected chi connectivity index (χ3v) is 5.38. The number of amides is 2. The Labute approximate surface area is 198 Å². The summed E-state index contributed by atoms with van der Waals surface area (Å²) in [5, 5.41) is 8.41. The Hall–Kier alpha value is -4.32. The van der Waals surface area contributed by atoms with Gasteiger partial charge in [0.2, 0.25) is 5.95 Å². The molecule has 2 N–H and O–H groups in total. The molecule has 0 saturated heterocycles. The molecule has 1 aliphatic heterocycles. The Morgan fingerprint density at radius 1 is 0.971 bits per heavy atom. The van der Waals surface area contributed by atoms with Gasteiger partial charge in [-0.15, -0.1) is 0 Å². The maximum atomic E-state index is 13.5. The van der Waals surface area contributed by atoms with E-state index in [1.165, 1.54) is 36.5 Å². The zero-order chi connectivity index (χ0) is 24.9. The van der Waals surface area contributed by atoms with Crippen molar-refractivity contribution in [3.8, 4) is 16.9 Å². The van der Waals surface area contributed by atoms with Gasteiger partial charge in [-0.25, -0.2) is 14.1 Å². The molecule has 2 aromatic carbocycles. The van der Waals surface area contributed by atoms with Crippen LogP contribution in [0.15, 0.2) is 54.9 Å². The molecule has 0 spiro atoms. The number of imide groups is 1. The van der Waals surface area contributed by atoms with Crippen molar-refractivity contribution in [2.24, 2.45) is 0 Å². The molecular weight excluding hydrogens is 492 g/mol. The topological polar surface area (TPSA) is 102 Å². The van der Waals surface area contributed by atoms with Crippen molar-refractivity contribution in [3.63, 3.8) is 0 Å². The molecule has 2 aromatic heterocycles. The minimum atomic E-state index is -4.68. The van der Waals surface area contributed by atoms with Crippen LogP contribution in [0, 0.1) is 5.82 Å². The van der Waals surface area contributed by atoms with Gasteiger partial charge in [-0.3, -0.25) is 14.9 Å². The lowest BCUT2D eigenvalue weighted by atomic mass is 10.0. The summed E-state index contributed by atoms with van der Waals surface area (Å²) in [5.74, 6) is -1.86. The van der Waals surface area contributed by atoms with Crippen molar-refractivity contribution >= 4 is 35.1 Å². The van der Waals surface area contributed by atoms with Crippen molar-refractivity contribution < 1.29 is 27.2 Å². The predicted octanol–water partition coefficient (Wildman–Crippen LogP) is 4.77. The summed E-state index contributed by atoms with van der Waals surface area (Å²) >= 11 is 5.79. The lowest BCUT2D eigenvalue weighted by molar-refractivity contribution is -0.141. The number of halogens is 5. The first kappa shape index (κ1) is 22.5. The molecule has 4 aromatic rings. The molecule has 0 aliphatic carbocycles. The predicted molar refractivity (Wildman–Crippen MR) is 116 cm³/mol. The molecule has 5 rings (SSSR count). The van der Waals surface area contributed by atoms with Crippen LogP contribution in [-0.2, 0) is 6.18 Å². The van der Waals surface area contributed by atoms with Gasteiger partial charge in [0, 0.05) is 23.6 Å². The lowest BCUT2D eigenvalue weighted by Crippen LogP contribution is -2.19. The first-order valence-electron chi connectivity index (χ1n) is 9.82. The molecule has 176 valence electrons. The van der Waals surface area contributed by atoms with E-state index >= 15 is 0 Å². The van der Waals surface area contributed by atoms with E-state index in [0.29, 0.717) is 11.3 Å². The van der Waals surface area contributed by atoms with Gasteiger partial charge in [0.05, 0.1) is 16.1 Å². The van der Waals surface area contributed by atoms with Gasteiger partial charge < -0.3 is 5.32 Å². The van der Waals surface area contributed by atoms with Gasteiger partial charge in [-0.05, 0) is 42.0 Å². The number of carbonyl (C=O) groups is 2. The Bertz CT molecular complexity index is 1520. The van der Waals surface area contributed by atoms with Gasteiger partial charge >= 0.3 is 6.18 Å². The van der Waals surface area contributed by atoms with Crippen LogP contribution in [-0.4, -0.2) is 31.6 Å². The molecule has 3 heterocycles. The zero-order valence-electron chi connectivity index (χ0n) is 17.2. The SMILES string of the molecule is O=C1NC(=O)c2cc(-c3cnc(Nc4ccc(F)c(Cl)c4)nc3-n3ccc(C(F)(F)F)n3)ccc21. The number of rotatable bonds is 4. The molecule has 35 heavy (non-hydrogen) atoms. The monoisotopic (exact) mass is 502 g/mol. The quantitative estimate of drug-likeness (QED) is 0.308. The molecule has 13 heteroatoms. The van der Waals surface area contributed by atoms with Crippen molar-refractivity contribution in [2.75, 3.05) is 5.32 Å². The highest BCUT2D eigenvalue weighted by atomic mass is 35.5. The van der Waals surface area contributed by atoms with Crippen LogP contribution in [0.3, 0.4) is 0 Å². The number of nitrogens with one attached hydrogen (secondary N) is 2. The third kappa shape index (κ3) is 4.19. The Morgan fingerprint density at radius 2 is 1.74 bits per heavy atom. The molecule has 0 fully saturated rings. The number of carbonyl (C=O) groups excluding carboxylic acids is 2. The van der Waals surface area contributed by atoms with Gasteiger partial charge in [0.1, 0.15) is 5.82 Å². The van der Waals surface area contributed by atoms with Gasteiger partial charge in [-0.1, -0.05) is 17.7 Å². The number of hydrogen-bond acceptors (Lipinski definition) is 6. The second kappa shape index (κ2) is 8.17. The largest absolute Gasteiger partial charge is 0.435 e. The summed E-state index contributed by atoms with van der Waals surface area (Å²) < 4.78 is 53.9. The van der Waals surface area contributed by atoms with Crippen LogP contribution in [0.2, 0.25) is 5.02 Å². The second-order valence-electron chi connectivity index (χ2n) is 7.37. The summed E-state index contributed by atoms with van der Waals surface area (Å²) in [6.07, 6.45) is -2.28. The van der Waals surface area contributed by atoms with E-state index in [2.05, 4.69) is 25.7 Å². The van der Waals surface area contributed by atoms with E-state index in [0.717, 1.165) is 23.0 Å². The zero-order valence-corrected chi connectivity index (χ0v) is 17.9. The number of nitrogens with zero attached hydrogens (tertiary/aromatic N) is 4. The van der Waals surface area contributed by atoms with Crippen LogP contribution in [0.4, 0.5) is 29.2 Å². The maximum absolute atomic E-state index is 13.5. The van der Waals surface area contributed by atoms with E-state index in [9.17, 15) is 27.2 Å². The summed E-state index contributed by atoms with van der Waals surface area (Å²) in [6.45, 7) is 0. The molecule has 0 saturated carbocycles. The van der Waals surface area contributed by atoms with Crippen LogP contribution in [0.5, 0.6) is 0 Å². The second-order valence-corrected chi connectivity index (χ2v) is 7.78. The molecular formula is C22H11ClF4N6O2. The molecule has 0 bridgehead atoms. The van der Waals surface area contributed by atoms with Crippen LogP contribution in [0.1, 0.15) is 26.4 Å². The molecule has 0 radical (unpaired) electrons. The van der Waals surface area contributed by atoms with Crippen LogP contribution >= 0.6 is 11.6 Å². The van der Waals surface area contributed by atoms with E-state index in [-0.39, 0.29) is 33.5 Å². The third-order valence-electron chi connectivity index (χ3n) is 5.09. The highest BCUT2D eigenvalue weighted by Gasteiger charge is 2.34. The summed E-state index contributed by atoms with van der Waals surface area (Å²) in [7, 11) is 0. The van der Waals surface area contributed by atoms with Crippen molar-refractivity contribution in [2.45, 2.75) is 6.18 Å². The number of hydrogen-bond donors (Lipinski definition) is 2. The molecule has 1 aliphatic rings. The van der Waals surface area contributed by atoms with Crippen LogP contribution in [0.25, 0.3) is 16.9 Å². The van der Waals surface area contributed by atoms with E-state index in [1.54, 1.807) is 0 Å². The first-order chi connectivity index (χ1) is 16.6. The Kier molecular flexibility index (Phi) is 5.24. The van der Waals surface area contributed by atoms with Crippen LogP contribution < -0.4 is 10.6 Å². The van der Waals surface area contributed by atoms with Gasteiger partial charge in [0.25, 0.3) is 11.8 Å². The fourth-order valence-electron chi connectivity index (χ4n) is 3.44. The minimum absolute atomic E-state index is 0.0374. The summed E-state index contributed by atoms with van der Waals surface area (Å²) in [6, 6.07) is 8.93. The fraction of sp³-hybridized carbons (Fsp3) is 0.0455. The van der Waals surface area contributed by atoms with Crippen molar-refractivity contribution in [1.82, 2.24) is 25.1 Å². The van der Waals surface area contributed by atoms with Crippen molar-refractivity contribution in [1.29, 1.82) is 0 Å². The smallest absolute Gasteiger partial charge is 0.324 e. The van der Waals surface area contributed by atoms with E-state index in [4.69, 9.17) is 11.6 Å². The maximum Gasteiger partial charge on any atom is 0.435 e. The summed E-state index contributed by atoms with van der Waals surface area (Å²) in [5.41, 5.74) is 0.0766. The normalized spacial score (nSPS) is 13.1. The number of benzene rings is 2. The molecule has 2 amide bonds. The average Bonchev–Trinajstić information content (AvgIpc) is 3.41. The highest BCUT2D eigenvalue weighted by Crippen LogP contribution is 2.32. The average molecular weight is 503 g/mol. The molecule has 0 unspecified atom stereocenters. The standard InChI is InChI=1S/C22H11ClF4N6O2/c23-15-8-11(2-4-16(15)24)29-21-28-9-14(10-1-3-12-13(7-10)20(35)31-19(12)34)18(30-21)33-6-5-17(32-33)22(25,26)27/h1-9H,(H,28,29,30)(H,31,34,35). The van der Waals surface area contributed by atoms with E-state index < -0.39 is 29.5 Å². The Morgan fingerprint density at radius 3 is 2.46 bits per heavy atom. The molecule has 8 nitrogen and oxygen atoms in total. The highest BCUT2D eigenvalue weighted by molar-refractivity contribution is 6.31.